The first-order chi connectivity index (χ1) is 6.55. The Morgan fingerprint density at radius 3 is 2.71 bits per heavy atom. The standard InChI is InChI=1S/C10H21NO3/c1-4-14-10(2,3)7-11-8-5-13-6-9(8)12/h8-9,11-12H,4-7H2,1-3H3. The largest absolute Gasteiger partial charge is 0.389 e. The van der Waals surface area contributed by atoms with E-state index in [0.29, 0.717) is 19.8 Å². The lowest BCUT2D eigenvalue weighted by Gasteiger charge is -2.27. The topological polar surface area (TPSA) is 50.7 Å². The van der Waals surface area contributed by atoms with E-state index >= 15 is 0 Å². The first-order valence-electron chi connectivity index (χ1n) is 5.18. The molecule has 4 nitrogen and oxygen atoms in total. The number of aliphatic hydroxyl groups excluding tert-OH is 1. The Bertz CT molecular complexity index is 173. The third-order valence-electron chi connectivity index (χ3n) is 2.38. The van der Waals surface area contributed by atoms with Crippen LogP contribution in [0.15, 0.2) is 0 Å². The van der Waals surface area contributed by atoms with Crippen molar-refractivity contribution in [2.75, 3.05) is 26.4 Å². The van der Waals surface area contributed by atoms with Gasteiger partial charge in [0.25, 0.3) is 0 Å². The minimum Gasteiger partial charge on any atom is -0.389 e. The summed E-state index contributed by atoms with van der Waals surface area (Å²) in [6.07, 6.45) is -0.382. The molecule has 14 heavy (non-hydrogen) atoms. The quantitative estimate of drug-likeness (QED) is 0.668. The molecule has 0 saturated carbocycles. The van der Waals surface area contributed by atoms with E-state index in [0.717, 1.165) is 6.54 Å². The maximum atomic E-state index is 9.49. The summed E-state index contributed by atoms with van der Waals surface area (Å²) in [5.41, 5.74) is -0.183. The van der Waals surface area contributed by atoms with Crippen LogP contribution in [-0.4, -0.2) is 49.2 Å². The molecule has 2 atom stereocenters. The zero-order valence-corrected chi connectivity index (χ0v) is 9.25. The molecule has 1 aliphatic heterocycles. The monoisotopic (exact) mass is 203 g/mol. The van der Waals surface area contributed by atoms with E-state index in [1.54, 1.807) is 0 Å². The van der Waals surface area contributed by atoms with Gasteiger partial charge in [0.15, 0.2) is 0 Å². The fraction of sp³-hybridized carbons (Fsp3) is 1.00. The van der Waals surface area contributed by atoms with Gasteiger partial charge in [-0.1, -0.05) is 0 Å². The molecule has 1 rings (SSSR count). The summed E-state index contributed by atoms with van der Waals surface area (Å²) in [6, 6.07) is 0.0507. The van der Waals surface area contributed by atoms with Crippen molar-refractivity contribution in [2.24, 2.45) is 0 Å². The molecule has 0 spiro atoms. The van der Waals surface area contributed by atoms with Gasteiger partial charge in [-0.05, 0) is 20.8 Å². The smallest absolute Gasteiger partial charge is 0.0948 e. The highest BCUT2D eigenvalue weighted by atomic mass is 16.5. The molecule has 1 aliphatic rings. The van der Waals surface area contributed by atoms with Crippen molar-refractivity contribution < 1.29 is 14.6 Å². The van der Waals surface area contributed by atoms with Gasteiger partial charge in [0.1, 0.15) is 0 Å². The first kappa shape index (κ1) is 11.9. The van der Waals surface area contributed by atoms with E-state index in [4.69, 9.17) is 9.47 Å². The second kappa shape index (κ2) is 5.07. The van der Waals surface area contributed by atoms with Gasteiger partial charge in [-0.3, -0.25) is 0 Å². The van der Waals surface area contributed by atoms with Crippen molar-refractivity contribution in [1.29, 1.82) is 0 Å². The molecule has 1 heterocycles. The van der Waals surface area contributed by atoms with Crippen LogP contribution in [0.25, 0.3) is 0 Å². The molecule has 1 fully saturated rings. The summed E-state index contributed by atoms with van der Waals surface area (Å²) in [6.45, 7) is 8.51. The average molecular weight is 203 g/mol. The Morgan fingerprint density at radius 1 is 1.50 bits per heavy atom. The molecular formula is C10H21NO3. The van der Waals surface area contributed by atoms with E-state index in [2.05, 4.69) is 5.32 Å². The van der Waals surface area contributed by atoms with Gasteiger partial charge in [-0.25, -0.2) is 0 Å². The number of hydrogen-bond acceptors (Lipinski definition) is 4. The minimum absolute atomic E-state index is 0.0507. The molecule has 2 unspecified atom stereocenters. The number of hydrogen-bond donors (Lipinski definition) is 2. The van der Waals surface area contributed by atoms with Crippen molar-refractivity contribution in [3.05, 3.63) is 0 Å². The lowest BCUT2D eigenvalue weighted by atomic mass is 10.1. The maximum Gasteiger partial charge on any atom is 0.0948 e. The van der Waals surface area contributed by atoms with E-state index in [-0.39, 0.29) is 17.7 Å². The van der Waals surface area contributed by atoms with Crippen LogP contribution >= 0.6 is 0 Å². The van der Waals surface area contributed by atoms with Crippen LogP contribution in [0, 0.1) is 0 Å². The van der Waals surface area contributed by atoms with Crippen LogP contribution in [0.5, 0.6) is 0 Å². The van der Waals surface area contributed by atoms with Gasteiger partial charge in [0, 0.05) is 13.2 Å². The predicted molar refractivity (Wildman–Crippen MR) is 54.3 cm³/mol. The van der Waals surface area contributed by atoms with Gasteiger partial charge in [0.2, 0.25) is 0 Å². The number of nitrogens with one attached hydrogen (secondary N) is 1. The second-order valence-electron chi connectivity index (χ2n) is 4.28. The Kier molecular flexibility index (Phi) is 4.31. The third-order valence-corrected chi connectivity index (χ3v) is 2.38. The summed E-state index contributed by atoms with van der Waals surface area (Å²) in [5.74, 6) is 0. The highest BCUT2D eigenvalue weighted by Gasteiger charge is 2.28. The van der Waals surface area contributed by atoms with Crippen molar-refractivity contribution in [3.8, 4) is 0 Å². The van der Waals surface area contributed by atoms with Gasteiger partial charge in [-0.2, -0.15) is 0 Å². The fourth-order valence-corrected chi connectivity index (χ4v) is 1.56. The number of aliphatic hydroxyl groups is 1. The summed E-state index contributed by atoms with van der Waals surface area (Å²) in [5, 5.41) is 12.7. The highest BCUT2D eigenvalue weighted by molar-refractivity contribution is 4.83. The van der Waals surface area contributed by atoms with Crippen molar-refractivity contribution in [1.82, 2.24) is 5.32 Å². The molecule has 1 saturated heterocycles. The third kappa shape index (κ3) is 3.53. The lowest BCUT2D eigenvalue weighted by molar-refractivity contribution is -0.0126. The molecular weight excluding hydrogens is 182 g/mol. The SMILES string of the molecule is CCOC(C)(C)CNC1COCC1O. The van der Waals surface area contributed by atoms with E-state index in [9.17, 15) is 5.11 Å². The van der Waals surface area contributed by atoms with Gasteiger partial charge >= 0.3 is 0 Å². The summed E-state index contributed by atoms with van der Waals surface area (Å²) >= 11 is 0. The number of ether oxygens (including phenoxy) is 2. The molecule has 0 aromatic carbocycles. The predicted octanol–water partition coefficient (Wildman–Crippen LogP) is 0.151. The zero-order valence-electron chi connectivity index (χ0n) is 9.25. The molecule has 0 radical (unpaired) electrons. The van der Waals surface area contributed by atoms with E-state index in [1.807, 2.05) is 20.8 Å². The van der Waals surface area contributed by atoms with Crippen LogP contribution < -0.4 is 5.32 Å². The Labute approximate surface area is 85.6 Å². The van der Waals surface area contributed by atoms with Crippen LogP contribution in [-0.2, 0) is 9.47 Å². The van der Waals surface area contributed by atoms with Crippen LogP contribution in [0.1, 0.15) is 20.8 Å². The normalized spacial score (nSPS) is 28.3. The molecule has 2 N–H and O–H groups in total. The van der Waals surface area contributed by atoms with Crippen LogP contribution in [0.3, 0.4) is 0 Å². The van der Waals surface area contributed by atoms with Crippen LogP contribution in [0.2, 0.25) is 0 Å². The highest BCUT2D eigenvalue weighted by Crippen LogP contribution is 2.10. The van der Waals surface area contributed by atoms with E-state index in [1.165, 1.54) is 0 Å². The van der Waals surface area contributed by atoms with Gasteiger partial charge < -0.3 is 19.9 Å². The molecule has 84 valence electrons. The molecule has 0 aromatic rings. The van der Waals surface area contributed by atoms with E-state index < -0.39 is 0 Å². The van der Waals surface area contributed by atoms with Crippen LogP contribution in [0.4, 0.5) is 0 Å². The summed E-state index contributed by atoms with van der Waals surface area (Å²) in [4.78, 5) is 0. The number of rotatable bonds is 5. The molecule has 0 bridgehead atoms. The molecule has 4 heteroatoms. The van der Waals surface area contributed by atoms with Crippen molar-refractivity contribution in [2.45, 2.75) is 38.5 Å². The second-order valence-corrected chi connectivity index (χ2v) is 4.28. The Morgan fingerprint density at radius 2 is 2.21 bits per heavy atom. The molecule has 0 aromatic heterocycles. The summed E-state index contributed by atoms with van der Waals surface area (Å²) < 4.78 is 10.7. The fourth-order valence-electron chi connectivity index (χ4n) is 1.56. The van der Waals surface area contributed by atoms with Crippen molar-refractivity contribution in [3.63, 3.8) is 0 Å². The van der Waals surface area contributed by atoms with Gasteiger partial charge in [-0.15, -0.1) is 0 Å². The zero-order chi connectivity index (χ0) is 10.6. The summed E-state index contributed by atoms with van der Waals surface area (Å²) in [7, 11) is 0. The Balaban J connectivity index is 2.25. The van der Waals surface area contributed by atoms with Crippen molar-refractivity contribution >= 4 is 0 Å². The molecule has 0 aliphatic carbocycles. The maximum absolute atomic E-state index is 9.49. The first-order valence-corrected chi connectivity index (χ1v) is 5.18. The average Bonchev–Trinajstić information content (AvgIpc) is 2.48. The lowest BCUT2D eigenvalue weighted by Crippen LogP contribution is -2.46. The Hall–Kier alpha value is -0.160. The molecule has 0 amide bonds. The minimum atomic E-state index is -0.382. The van der Waals surface area contributed by atoms with Gasteiger partial charge in [0.05, 0.1) is 31.0 Å².